The van der Waals surface area contributed by atoms with E-state index in [-0.39, 0.29) is 42.6 Å². The van der Waals surface area contributed by atoms with Crippen molar-refractivity contribution < 1.29 is 67.7 Å². The Hall–Kier alpha value is -3.04. The molecule has 0 aliphatic heterocycles. The second kappa shape index (κ2) is 30.8. The van der Waals surface area contributed by atoms with Gasteiger partial charge in [-0.25, -0.2) is 19.6 Å². The quantitative estimate of drug-likeness (QED) is 0.0318. The monoisotopic (exact) mass is 1230 g/mol. The molecule has 0 saturated carbocycles. The van der Waals surface area contributed by atoms with Crippen molar-refractivity contribution in [1.29, 1.82) is 0 Å². The summed E-state index contributed by atoms with van der Waals surface area (Å²) >= 11 is 36.3. The zero-order valence-corrected chi connectivity index (χ0v) is 52.7. The number of carbonyl (C=O) groups excluding carboxylic acids is 4. The van der Waals surface area contributed by atoms with Gasteiger partial charge in [-0.15, -0.1) is 11.8 Å². The fourth-order valence-corrected chi connectivity index (χ4v) is 10.6. The SMILES string of the molecule is COC(=O)C(Cc1ccccc1)CN(C(=O)OC(C)(C)C)c1nc(-c2ccc(Cl)c(Cl)c2)c(Br)s1.COC(=O)C(Cc1ccccc1)CN(C(=O)OC(C)(C)C)c1nc(-c2ccc(Cl)c(Cl)c2)c(SC)s1.C[S-].[Na+]. The minimum absolute atomic E-state index is 0. The maximum atomic E-state index is 13.4. The van der Waals surface area contributed by atoms with Crippen molar-refractivity contribution in [1.82, 2.24) is 9.97 Å². The van der Waals surface area contributed by atoms with Crippen LogP contribution in [-0.2, 0) is 54.0 Å². The van der Waals surface area contributed by atoms with E-state index in [9.17, 15) is 19.2 Å². The molecule has 2 aromatic heterocycles. The van der Waals surface area contributed by atoms with Gasteiger partial charge in [0.05, 0.1) is 65.5 Å². The van der Waals surface area contributed by atoms with Crippen LogP contribution in [-0.4, -0.2) is 85.1 Å². The molecule has 0 saturated heterocycles. The number of aromatic nitrogens is 2. The van der Waals surface area contributed by atoms with Crippen molar-refractivity contribution in [3.05, 3.63) is 132 Å². The van der Waals surface area contributed by atoms with Gasteiger partial charge >= 0.3 is 53.7 Å². The smallest absolute Gasteiger partial charge is 0.796 e. The van der Waals surface area contributed by atoms with Gasteiger partial charge in [0, 0.05) is 24.2 Å². The molecule has 6 aromatic rings. The number of esters is 2. The van der Waals surface area contributed by atoms with Crippen LogP contribution < -0.4 is 39.4 Å². The molecule has 2 atom stereocenters. The number of hydrogen-bond donors (Lipinski definition) is 0. The zero-order valence-electron chi connectivity index (χ0n) is 42.8. The number of nitrogens with zero attached hydrogens (tertiary/aromatic N) is 4. The number of benzene rings is 4. The summed E-state index contributed by atoms with van der Waals surface area (Å²) in [6, 6.07) is 29.6. The van der Waals surface area contributed by atoms with Crippen molar-refractivity contribution in [3.8, 4) is 22.5 Å². The summed E-state index contributed by atoms with van der Waals surface area (Å²) < 4.78 is 23.1. The zero-order chi connectivity index (χ0) is 54.2. The summed E-state index contributed by atoms with van der Waals surface area (Å²) in [7, 11) is 2.68. The fraction of sp³-hybridized carbons (Fsp3) is 0.346. The number of halogens is 5. The van der Waals surface area contributed by atoms with Crippen molar-refractivity contribution in [2.75, 3.05) is 49.6 Å². The molecule has 0 spiro atoms. The van der Waals surface area contributed by atoms with Gasteiger partial charge in [-0.05, 0) is 112 Å². The molecule has 0 fully saturated rings. The molecule has 74 heavy (non-hydrogen) atoms. The van der Waals surface area contributed by atoms with E-state index in [1.165, 1.54) is 58.5 Å². The molecule has 12 nitrogen and oxygen atoms in total. The summed E-state index contributed by atoms with van der Waals surface area (Å²) in [4.78, 5) is 64.4. The van der Waals surface area contributed by atoms with Crippen LogP contribution in [0.25, 0.3) is 22.5 Å². The molecule has 2 amide bonds. The Morgan fingerprint density at radius 2 is 1.00 bits per heavy atom. The first-order valence-corrected chi connectivity index (χ1v) is 28.3. The number of rotatable bonds is 15. The molecular formula is C52H56BrCl4N4NaO8S4. The summed E-state index contributed by atoms with van der Waals surface area (Å²) in [6.07, 6.45) is 3.10. The third kappa shape index (κ3) is 19.8. The summed E-state index contributed by atoms with van der Waals surface area (Å²) in [5.74, 6) is -2.10. The Morgan fingerprint density at radius 3 is 1.36 bits per heavy atom. The predicted molar refractivity (Wildman–Crippen MR) is 306 cm³/mol. The van der Waals surface area contributed by atoms with Crippen molar-refractivity contribution in [2.24, 2.45) is 11.8 Å². The molecule has 0 aliphatic rings. The van der Waals surface area contributed by atoms with E-state index in [1.807, 2.05) is 73.0 Å². The Kier molecular flexibility index (Phi) is 27.1. The number of thiazole rings is 2. The predicted octanol–water partition coefficient (Wildman–Crippen LogP) is 12.4. The Labute approximate surface area is 502 Å². The van der Waals surface area contributed by atoms with Crippen LogP contribution in [0.2, 0.25) is 20.1 Å². The number of ether oxygens (including phenoxy) is 4. The maximum absolute atomic E-state index is 13.4. The minimum Gasteiger partial charge on any atom is -0.796 e. The van der Waals surface area contributed by atoms with Gasteiger partial charge in [-0.3, -0.25) is 19.4 Å². The van der Waals surface area contributed by atoms with Crippen LogP contribution in [0.1, 0.15) is 52.7 Å². The molecule has 0 bridgehead atoms. The van der Waals surface area contributed by atoms with Gasteiger partial charge in [-0.1, -0.05) is 142 Å². The fourth-order valence-electron chi connectivity index (χ4n) is 6.71. The Morgan fingerprint density at radius 1 is 0.622 bits per heavy atom. The minimum atomic E-state index is -0.740. The molecule has 0 N–H and O–H groups in total. The first-order chi connectivity index (χ1) is 34.5. The summed E-state index contributed by atoms with van der Waals surface area (Å²) in [5, 5.41) is 2.46. The number of amides is 2. The number of hydrogen-bond acceptors (Lipinski definition) is 14. The molecular weight excluding hydrogens is 1180 g/mol. The first kappa shape index (κ1) is 65.2. The number of anilines is 2. The van der Waals surface area contributed by atoms with Crippen LogP contribution in [0.15, 0.2) is 105 Å². The van der Waals surface area contributed by atoms with Gasteiger partial charge in [0.25, 0.3) is 0 Å². The second-order valence-electron chi connectivity index (χ2n) is 17.7. The van der Waals surface area contributed by atoms with Crippen molar-refractivity contribution in [3.63, 3.8) is 0 Å². The average Bonchev–Trinajstić information content (AvgIpc) is 3.96. The van der Waals surface area contributed by atoms with E-state index >= 15 is 0 Å². The van der Waals surface area contributed by atoms with E-state index in [2.05, 4.69) is 28.6 Å². The standard InChI is InChI=1S/C26H28Cl2N2O4S2.C25H25BrCl2N2O4S.CH4S.Na/c1-26(2,3)34-25(32)30(15-18(22(31)33-4)13-16-9-7-6-8-10-16)24-29-21(23(35-5)36-24)17-11-12-19(27)20(28)14-17;1-25(2,3)34-24(32)30(14-17(22(31)33-4)12-15-8-6-5-7-9-15)23-29-20(21(26)35-23)16-10-11-18(27)19(28)13-16;1-2;/h6-12,14,18H,13,15H2,1-5H3;5-11,13,17H,12,14H2,1-4H3;2H,1H3;/q;;;+1/p-1. The summed E-state index contributed by atoms with van der Waals surface area (Å²) in [5.41, 5.74) is 3.20. The van der Waals surface area contributed by atoms with Crippen LogP contribution >= 0.6 is 96.8 Å². The first-order valence-electron chi connectivity index (χ1n) is 22.3. The Balaban J connectivity index is 0.000000373. The van der Waals surface area contributed by atoms with Gasteiger partial charge < -0.3 is 31.6 Å². The van der Waals surface area contributed by atoms with Crippen LogP contribution in [0.4, 0.5) is 19.9 Å². The topological polar surface area (TPSA) is 137 Å². The number of methoxy groups -OCH3 is 2. The third-order valence-corrected chi connectivity index (χ3v) is 15.3. The van der Waals surface area contributed by atoms with E-state index in [0.29, 0.717) is 58.4 Å². The largest absolute Gasteiger partial charge is 1.00 e. The molecule has 0 radical (unpaired) electrons. The number of carbonyl (C=O) groups is 4. The van der Waals surface area contributed by atoms with Crippen LogP contribution in [0, 0.1) is 11.8 Å². The molecule has 4 aromatic carbocycles. The van der Waals surface area contributed by atoms with E-state index in [1.54, 1.807) is 78.1 Å². The van der Waals surface area contributed by atoms with E-state index < -0.39 is 47.2 Å². The maximum Gasteiger partial charge on any atom is 1.00 e. The van der Waals surface area contributed by atoms with Crippen LogP contribution in [0.3, 0.4) is 0 Å². The number of thioether (sulfide) groups is 1. The molecule has 2 unspecified atom stereocenters. The molecule has 392 valence electrons. The van der Waals surface area contributed by atoms with E-state index in [4.69, 9.17) is 75.3 Å². The average molecular weight is 1240 g/mol. The van der Waals surface area contributed by atoms with E-state index in [0.717, 1.165) is 26.5 Å². The second-order valence-corrected chi connectivity index (χ2v) is 23.7. The van der Waals surface area contributed by atoms with Gasteiger partial charge in [0.15, 0.2) is 10.3 Å². The van der Waals surface area contributed by atoms with Gasteiger partial charge in [-0.2, -0.15) is 6.26 Å². The van der Waals surface area contributed by atoms with Crippen LogP contribution in [0.5, 0.6) is 0 Å². The van der Waals surface area contributed by atoms with Crippen molar-refractivity contribution >= 4 is 144 Å². The Bertz CT molecular complexity index is 2800. The molecule has 6 rings (SSSR count). The van der Waals surface area contributed by atoms with Crippen molar-refractivity contribution in [2.45, 2.75) is 69.8 Å². The van der Waals surface area contributed by atoms with Gasteiger partial charge in [0.2, 0.25) is 0 Å². The van der Waals surface area contributed by atoms with Gasteiger partial charge in [0.1, 0.15) is 11.2 Å². The molecule has 22 heteroatoms. The normalized spacial score (nSPS) is 11.8. The summed E-state index contributed by atoms with van der Waals surface area (Å²) in [6.45, 7) is 10.8. The molecule has 0 aliphatic carbocycles. The molecule has 2 heterocycles. The third-order valence-electron chi connectivity index (χ3n) is 9.95.